The largest absolute Gasteiger partial charge is 0.330 e. The Balaban J connectivity index is 2.62. The molecule has 0 aliphatic heterocycles. The SMILES string of the molecule is CC(CN)(C(F)F)C1CCCCC1. The summed E-state index contributed by atoms with van der Waals surface area (Å²) in [5, 5.41) is 0. The van der Waals surface area contributed by atoms with Crippen LogP contribution in [0.1, 0.15) is 39.0 Å². The molecule has 0 spiro atoms. The smallest absolute Gasteiger partial charge is 0.245 e. The van der Waals surface area contributed by atoms with E-state index in [2.05, 4.69) is 0 Å². The lowest BCUT2D eigenvalue weighted by molar-refractivity contribution is -0.0390. The molecule has 78 valence electrons. The lowest BCUT2D eigenvalue weighted by atomic mass is 9.70. The molecule has 1 aliphatic rings. The van der Waals surface area contributed by atoms with Crippen molar-refractivity contribution < 1.29 is 8.78 Å². The van der Waals surface area contributed by atoms with Gasteiger partial charge in [-0.25, -0.2) is 8.78 Å². The van der Waals surface area contributed by atoms with E-state index >= 15 is 0 Å². The molecule has 1 rings (SSSR count). The third kappa shape index (κ3) is 2.19. The van der Waals surface area contributed by atoms with Gasteiger partial charge in [-0.15, -0.1) is 0 Å². The topological polar surface area (TPSA) is 26.0 Å². The summed E-state index contributed by atoms with van der Waals surface area (Å²) in [5.41, 5.74) is 4.51. The Morgan fingerprint density at radius 2 is 1.85 bits per heavy atom. The second kappa shape index (κ2) is 4.36. The van der Waals surface area contributed by atoms with E-state index in [1.54, 1.807) is 6.92 Å². The van der Waals surface area contributed by atoms with E-state index in [4.69, 9.17) is 5.73 Å². The molecule has 0 aromatic heterocycles. The number of halogens is 2. The maximum Gasteiger partial charge on any atom is 0.245 e. The van der Waals surface area contributed by atoms with Crippen molar-refractivity contribution in [1.82, 2.24) is 0 Å². The summed E-state index contributed by atoms with van der Waals surface area (Å²) >= 11 is 0. The number of alkyl halides is 2. The Hall–Kier alpha value is -0.180. The summed E-state index contributed by atoms with van der Waals surface area (Å²) < 4.78 is 25.6. The summed E-state index contributed by atoms with van der Waals surface area (Å²) in [4.78, 5) is 0. The Labute approximate surface area is 78.7 Å². The zero-order chi connectivity index (χ0) is 9.90. The van der Waals surface area contributed by atoms with Gasteiger partial charge in [-0.2, -0.15) is 0 Å². The minimum atomic E-state index is -2.28. The number of nitrogens with two attached hydrogens (primary N) is 1. The maximum atomic E-state index is 12.8. The van der Waals surface area contributed by atoms with Crippen LogP contribution in [0, 0.1) is 11.3 Å². The molecule has 1 aliphatic carbocycles. The van der Waals surface area contributed by atoms with Gasteiger partial charge in [0.15, 0.2) is 0 Å². The number of hydrogen-bond acceptors (Lipinski definition) is 1. The molecule has 0 aromatic carbocycles. The van der Waals surface area contributed by atoms with Crippen molar-refractivity contribution in [1.29, 1.82) is 0 Å². The molecule has 1 nitrogen and oxygen atoms in total. The molecular formula is C10H19F2N. The minimum Gasteiger partial charge on any atom is -0.330 e. The van der Waals surface area contributed by atoms with Gasteiger partial charge >= 0.3 is 0 Å². The average molecular weight is 191 g/mol. The van der Waals surface area contributed by atoms with Crippen LogP contribution in [-0.4, -0.2) is 13.0 Å². The summed E-state index contributed by atoms with van der Waals surface area (Å²) in [6, 6.07) is 0. The van der Waals surface area contributed by atoms with Crippen molar-refractivity contribution in [2.45, 2.75) is 45.5 Å². The highest BCUT2D eigenvalue weighted by atomic mass is 19.3. The molecule has 1 unspecified atom stereocenters. The van der Waals surface area contributed by atoms with Crippen LogP contribution in [0.5, 0.6) is 0 Å². The van der Waals surface area contributed by atoms with E-state index in [0.717, 1.165) is 25.7 Å². The number of rotatable bonds is 3. The van der Waals surface area contributed by atoms with Crippen LogP contribution >= 0.6 is 0 Å². The molecule has 0 saturated heterocycles. The first kappa shape index (κ1) is 10.9. The Bertz CT molecular complexity index is 155. The molecular weight excluding hydrogens is 172 g/mol. The lowest BCUT2D eigenvalue weighted by Gasteiger charge is -2.38. The molecule has 0 amide bonds. The highest BCUT2D eigenvalue weighted by Gasteiger charge is 2.41. The van der Waals surface area contributed by atoms with E-state index in [-0.39, 0.29) is 12.5 Å². The Morgan fingerprint density at radius 3 is 2.23 bits per heavy atom. The van der Waals surface area contributed by atoms with Gasteiger partial charge in [-0.05, 0) is 18.8 Å². The third-order valence-corrected chi connectivity index (χ3v) is 3.48. The van der Waals surface area contributed by atoms with Crippen LogP contribution in [0.2, 0.25) is 0 Å². The van der Waals surface area contributed by atoms with Crippen LogP contribution in [0.15, 0.2) is 0 Å². The van der Waals surface area contributed by atoms with Crippen molar-refractivity contribution in [2.75, 3.05) is 6.54 Å². The second-order valence-corrected chi connectivity index (χ2v) is 4.35. The van der Waals surface area contributed by atoms with Crippen molar-refractivity contribution in [3.8, 4) is 0 Å². The first-order valence-corrected chi connectivity index (χ1v) is 5.09. The summed E-state index contributed by atoms with van der Waals surface area (Å²) in [5.74, 6) is 0.131. The van der Waals surface area contributed by atoms with Gasteiger partial charge in [-0.1, -0.05) is 26.2 Å². The van der Waals surface area contributed by atoms with Gasteiger partial charge in [0.2, 0.25) is 6.43 Å². The molecule has 1 fully saturated rings. The molecule has 0 heterocycles. The predicted molar refractivity (Wildman–Crippen MR) is 49.7 cm³/mol. The van der Waals surface area contributed by atoms with Gasteiger partial charge in [0, 0.05) is 12.0 Å². The molecule has 1 atom stereocenters. The molecule has 0 aromatic rings. The first-order chi connectivity index (χ1) is 6.11. The van der Waals surface area contributed by atoms with Crippen molar-refractivity contribution in [3.05, 3.63) is 0 Å². The fraction of sp³-hybridized carbons (Fsp3) is 1.00. The van der Waals surface area contributed by atoms with Gasteiger partial charge in [0.1, 0.15) is 0 Å². The van der Waals surface area contributed by atoms with Crippen LogP contribution < -0.4 is 5.73 Å². The van der Waals surface area contributed by atoms with Gasteiger partial charge in [0.25, 0.3) is 0 Å². The Morgan fingerprint density at radius 1 is 1.31 bits per heavy atom. The monoisotopic (exact) mass is 191 g/mol. The zero-order valence-corrected chi connectivity index (χ0v) is 8.23. The van der Waals surface area contributed by atoms with Crippen LogP contribution in [0.4, 0.5) is 8.78 Å². The normalized spacial score (nSPS) is 24.7. The highest BCUT2D eigenvalue weighted by Crippen LogP contribution is 2.41. The van der Waals surface area contributed by atoms with E-state index < -0.39 is 11.8 Å². The average Bonchev–Trinajstić information content (AvgIpc) is 2.17. The van der Waals surface area contributed by atoms with E-state index in [1.807, 2.05) is 0 Å². The van der Waals surface area contributed by atoms with Gasteiger partial charge in [-0.3, -0.25) is 0 Å². The van der Waals surface area contributed by atoms with Gasteiger partial charge in [0.05, 0.1) is 0 Å². The fourth-order valence-corrected chi connectivity index (χ4v) is 2.20. The third-order valence-electron chi connectivity index (χ3n) is 3.48. The van der Waals surface area contributed by atoms with Crippen molar-refractivity contribution in [3.63, 3.8) is 0 Å². The molecule has 3 heteroatoms. The quantitative estimate of drug-likeness (QED) is 0.729. The van der Waals surface area contributed by atoms with E-state index in [9.17, 15) is 8.78 Å². The minimum absolute atomic E-state index is 0.106. The van der Waals surface area contributed by atoms with Crippen molar-refractivity contribution in [2.24, 2.45) is 17.1 Å². The molecule has 1 saturated carbocycles. The highest BCUT2D eigenvalue weighted by molar-refractivity contribution is 4.87. The molecule has 2 N–H and O–H groups in total. The summed E-state index contributed by atoms with van der Waals surface area (Å²) in [6.45, 7) is 1.74. The van der Waals surface area contributed by atoms with Crippen LogP contribution in [0.25, 0.3) is 0 Å². The molecule has 0 bridgehead atoms. The lowest BCUT2D eigenvalue weighted by Crippen LogP contribution is -2.42. The standard InChI is InChI=1S/C10H19F2N/c1-10(7-13,9(11)12)8-5-3-2-4-6-8/h8-9H,2-7,13H2,1H3. The predicted octanol–water partition coefficient (Wildman–Crippen LogP) is 2.80. The molecule has 13 heavy (non-hydrogen) atoms. The van der Waals surface area contributed by atoms with E-state index in [1.165, 1.54) is 6.42 Å². The zero-order valence-electron chi connectivity index (χ0n) is 8.23. The summed E-state index contributed by atoms with van der Waals surface area (Å²) in [7, 11) is 0. The van der Waals surface area contributed by atoms with Crippen LogP contribution in [-0.2, 0) is 0 Å². The number of hydrogen-bond donors (Lipinski definition) is 1. The maximum absolute atomic E-state index is 12.8. The first-order valence-electron chi connectivity index (χ1n) is 5.09. The van der Waals surface area contributed by atoms with Gasteiger partial charge < -0.3 is 5.73 Å². The second-order valence-electron chi connectivity index (χ2n) is 4.35. The van der Waals surface area contributed by atoms with Crippen LogP contribution in [0.3, 0.4) is 0 Å². The molecule has 0 radical (unpaired) electrons. The Kier molecular flexibility index (Phi) is 3.65. The summed E-state index contributed by atoms with van der Waals surface area (Å²) in [6.07, 6.45) is 2.96. The van der Waals surface area contributed by atoms with Crippen molar-refractivity contribution >= 4 is 0 Å². The fourth-order valence-electron chi connectivity index (χ4n) is 2.20. The van der Waals surface area contributed by atoms with E-state index in [0.29, 0.717) is 0 Å².